The Hall–Kier alpha value is -1.34. The molecule has 0 saturated carbocycles. The molecule has 5 nitrogen and oxygen atoms in total. The van der Waals surface area contributed by atoms with Gasteiger partial charge in [0.15, 0.2) is 16.6 Å². The van der Waals surface area contributed by atoms with Crippen LogP contribution in [0.5, 0.6) is 5.75 Å². The van der Waals surface area contributed by atoms with Crippen LogP contribution in [0.25, 0.3) is 0 Å². The maximum atomic E-state index is 5.70. The average molecular weight is 256 g/mol. The van der Waals surface area contributed by atoms with Crippen LogP contribution in [-0.4, -0.2) is 16.0 Å². The van der Waals surface area contributed by atoms with Crippen molar-refractivity contribution < 1.29 is 4.74 Å². The van der Waals surface area contributed by atoms with Gasteiger partial charge in [-0.15, -0.1) is 11.3 Å². The maximum absolute atomic E-state index is 5.70. The SMILES string of the molecule is CCOc1c(N)nsc1NCc1cscn1. The summed E-state index contributed by atoms with van der Waals surface area (Å²) in [7, 11) is 0. The Morgan fingerprint density at radius 1 is 1.56 bits per heavy atom. The summed E-state index contributed by atoms with van der Waals surface area (Å²) in [4.78, 5) is 4.18. The molecule has 7 heteroatoms. The minimum absolute atomic E-state index is 0.438. The molecule has 2 heterocycles. The van der Waals surface area contributed by atoms with Crippen LogP contribution >= 0.6 is 22.9 Å². The largest absolute Gasteiger partial charge is 0.487 e. The van der Waals surface area contributed by atoms with Crippen LogP contribution in [0.3, 0.4) is 0 Å². The number of anilines is 2. The molecule has 0 fully saturated rings. The van der Waals surface area contributed by atoms with Gasteiger partial charge in [-0.3, -0.25) is 0 Å². The Kier molecular flexibility index (Phi) is 3.58. The standard InChI is InChI=1S/C9H12N4OS2/c1-2-14-7-8(10)13-16-9(7)11-3-6-4-15-5-12-6/h4-5,11H,2-3H2,1H3,(H2,10,13). The fourth-order valence-corrected chi connectivity index (χ4v) is 2.40. The molecule has 0 aliphatic heterocycles. The van der Waals surface area contributed by atoms with Gasteiger partial charge in [0.2, 0.25) is 0 Å². The van der Waals surface area contributed by atoms with Crippen molar-refractivity contribution in [3.05, 3.63) is 16.6 Å². The van der Waals surface area contributed by atoms with E-state index < -0.39 is 0 Å². The predicted octanol–water partition coefficient (Wildman–Crippen LogP) is 2.19. The first-order chi connectivity index (χ1) is 7.81. The first-order valence-electron chi connectivity index (χ1n) is 4.80. The van der Waals surface area contributed by atoms with E-state index in [0.717, 1.165) is 10.7 Å². The molecule has 0 saturated heterocycles. The second kappa shape index (κ2) is 5.13. The first kappa shape index (κ1) is 11.2. The summed E-state index contributed by atoms with van der Waals surface area (Å²) in [5.41, 5.74) is 8.50. The monoisotopic (exact) mass is 256 g/mol. The third-order valence-corrected chi connectivity index (χ3v) is 3.31. The number of hydrogen-bond acceptors (Lipinski definition) is 7. The van der Waals surface area contributed by atoms with Crippen LogP contribution in [-0.2, 0) is 6.54 Å². The second-order valence-electron chi connectivity index (χ2n) is 2.99. The third kappa shape index (κ3) is 2.42. The summed E-state index contributed by atoms with van der Waals surface area (Å²) in [5, 5.41) is 6.07. The molecule has 0 unspecified atom stereocenters. The molecule has 16 heavy (non-hydrogen) atoms. The molecule has 3 N–H and O–H groups in total. The molecule has 0 aliphatic carbocycles. The maximum Gasteiger partial charge on any atom is 0.197 e. The second-order valence-corrected chi connectivity index (χ2v) is 4.48. The Morgan fingerprint density at radius 2 is 2.44 bits per heavy atom. The van der Waals surface area contributed by atoms with E-state index in [1.165, 1.54) is 11.5 Å². The van der Waals surface area contributed by atoms with Crippen LogP contribution in [0.15, 0.2) is 10.9 Å². The molecule has 0 bridgehead atoms. The van der Waals surface area contributed by atoms with E-state index >= 15 is 0 Å². The number of hydrogen-bond donors (Lipinski definition) is 2. The van der Waals surface area contributed by atoms with E-state index in [0.29, 0.717) is 24.7 Å². The minimum Gasteiger partial charge on any atom is -0.487 e. The van der Waals surface area contributed by atoms with E-state index in [2.05, 4.69) is 14.7 Å². The van der Waals surface area contributed by atoms with Gasteiger partial charge in [0.1, 0.15) is 0 Å². The number of rotatable bonds is 5. The molecule has 0 aliphatic rings. The molecular formula is C9H12N4OS2. The van der Waals surface area contributed by atoms with Crippen molar-refractivity contribution in [3.63, 3.8) is 0 Å². The zero-order valence-electron chi connectivity index (χ0n) is 8.77. The fourth-order valence-electron chi connectivity index (χ4n) is 1.19. The van der Waals surface area contributed by atoms with Crippen LogP contribution in [0.4, 0.5) is 10.8 Å². The molecule has 0 atom stereocenters. The molecule has 0 aromatic carbocycles. The topological polar surface area (TPSA) is 73.1 Å². The summed E-state index contributed by atoms with van der Waals surface area (Å²) in [6.07, 6.45) is 0. The summed E-state index contributed by atoms with van der Waals surface area (Å²) in [6, 6.07) is 0. The highest BCUT2D eigenvalue weighted by Crippen LogP contribution is 2.35. The van der Waals surface area contributed by atoms with Gasteiger partial charge in [0.25, 0.3) is 0 Å². The van der Waals surface area contributed by atoms with E-state index in [1.54, 1.807) is 11.3 Å². The number of thiazole rings is 1. The van der Waals surface area contributed by atoms with E-state index in [4.69, 9.17) is 10.5 Å². The lowest BCUT2D eigenvalue weighted by Gasteiger charge is -2.05. The first-order valence-corrected chi connectivity index (χ1v) is 6.51. The van der Waals surface area contributed by atoms with Crippen LogP contribution in [0.2, 0.25) is 0 Å². The van der Waals surface area contributed by atoms with Crippen LogP contribution in [0.1, 0.15) is 12.6 Å². The van der Waals surface area contributed by atoms with Crippen molar-refractivity contribution in [2.75, 3.05) is 17.7 Å². The molecule has 0 amide bonds. The van der Waals surface area contributed by atoms with Crippen molar-refractivity contribution in [2.24, 2.45) is 0 Å². The van der Waals surface area contributed by atoms with Gasteiger partial charge in [0, 0.05) is 5.38 Å². The summed E-state index contributed by atoms with van der Waals surface area (Å²) in [6.45, 7) is 3.15. The molecule has 0 radical (unpaired) electrons. The number of nitrogens with two attached hydrogens (primary N) is 1. The number of ether oxygens (including phenoxy) is 1. The van der Waals surface area contributed by atoms with Crippen LogP contribution < -0.4 is 15.8 Å². The van der Waals surface area contributed by atoms with Crippen molar-refractivity contribution in [3.8, 4) is 5.75 Å². The highest BCUT2D eigenvalue weighted by Gasteiger charge is 2.12. The summed E-state index contributed by atoms with van der Waals surface area (Å²) < 4.78 is 9.47. The molecule has 0 spiro atoms. The van der Waals surface area contributed by atoms with Crippen LogP contribution in [0, 0.1) is 0 Å². The normalized spacial score (nSPS) is 10.3. The lowest BCUT2D eigenvalue weighted by molar-refractivity contribution is 0.344. The van der Waals surface area contributed by atoms with Crippen molar-refractivity contribution >= 4 is 33.7 Å². The quantitative estimate of drug-likeness (QED) is 0.858. The number of aromatic nitrogens is 2. The minimum atomic E-state index is 0.438. The Labute approximate surface area is 101 Å². The summed E-state index contributed by atoms with van der Waals surface area (Å²) >= 11 is 2.88. The van der Waals surface area contributed by atoms with Gasteiger partial charge >= 0.3 is 0 Å². The summed E-state index contributed by atoms with van der Waals surface area (Å²) in [5.74, 6) is 1.08. The van der Waals surface area contributed by atoms with Gasteiger partial charge in [0.05, 0.1) is 24.4 Å². The highest BCUT2D eigenvalue weighted by molar-refractivity contribution is 7.11. The smallest absolute Gasteiger partial charge is 0.197 e. The molecule has 2 aromatic heterocycles. The molecule has 86 valence electrons. The van der Waals surface area contributed by atoms with Gasteiger partial charge in [-0.25, -0.2) is 4.98 Å². The molecule has 2 aromatic rings. The number of nitrogens with zero attached hydrogens (tertiary/aromatic N) is 2. The lowest BCUT2D eigenvalue weighted by atomic mass is 10.4. The van der Waals surface area contributed by atoms with Crippen molar-refractivity contribution in [1.29, 1.82) is 0 Å². The number of nitrogen functional groups attached to an aromatic ring is 1. The van der Waals surface area contributed by atoms with Gasteiger partial charge < -0.3 is 15.8 Å². The zero-order valence-corrected chi connectivity index (χ0v) is 10.4. The lowest BCUT2D eigenvalue weighted by Crippen LogP contribution is -2.01. The molecule has 2 rings (SSSR count). The van der Waals surface area contributed by atoms with E-state index in [9.17, 15) is 0 Å². The fraction of sp³-hybridized carbons (Fsp3) is 0.333. The highest BCUT2D eigenvalue weighted by atomic mass is 32.1. The Bertz CT molecular complexity index is 440. The predicted molar refractivity (Wildman–Crippen MR) is 67.1 cm³/mol. The Balaban J connectivity index is 2.03. The van der Waals surface area contributed by atoms with Crippen molar-refractivity contribution in [2.45, 2.75) is 13.5 Å². The number of nitrogens with one attached hydrogen (secondary N) is 1. The average Bonchev–Trinajstić information content (AvgIpc) is 2.89. The molecular weight excluding hydrogens is 244 g/mol. The van der Waals surface area contributed by atoms with Crippen molar-refractivity contribution in [1.82, 2.24) is 9.36 Å². The van der Waals surface area contributed by atoms with E-state index in [1.807, 2.05) is 17.8 Å². The van der Waals surface area contributed by atoms with Gasteiger partial charge in [-0.05, 0) is 18.5 Å². The van der Waals surface area contributed by atoms with Gasteiger partial charge in [-0.1, -0.05) is 0 Å². The zero-order chi connectivity index (χ0) is 11.4. The van der Waals surface area contributed by atoms with Gasteiger partial charge in [-0.2, -0.15) is 4.37 Å². The third-order valence-electron chi connectivity index (χ3n) is 1.88. The Morgan fingerprint density at radius 3 is 3.12 bits per heavy atom. The van der Waals surface area contributed by atoms with E-state index in [-0.39, 0.29) is 0 Å².